The van der Waals surface area contributed by atoms with Crippen LogP contribution < -0.4 is 10.6 Å². The molecular weight excluding hydrogens is 271 g/mol. The molecule has 0 aliphatic rings. The summed E-state index contributed by atoms with van der Waals surface area (Å²) in [5, 5.41) is 9.17. The molecule has 2 aromatic rings. The van der Waals surface area contributed by atoms with E-state index in [1.165, 1.54) is 17.0 Å². The lowest BCUT2D eigenvalue weighted by Crippen LogP contribution is -2.34. The number of halogens is 1. The van der Waals surface area contributed by atoms with Gasteiger partial charge in [-0.25, -0.2) is 4.39 Å². The Morgan fingerprint density at radius 1 is 1.29 bits per heavy atom. The van der Waals surface area contributed by atoms with Crippen LogP contribution in [-0.2, 0) is 0 Å². The van der Waals surface area contributed by atoms with Gasteiger partial charge >= 0.3 is 0 Å². The van der Waals surface area contributed by atoms with Crippen molar-refractivity contribution in [1.82, 2.24) is 0 Å². The Labute approximate surface area is 122 Å². The number of nitrogens with two attached hydrogens (primary N) is 1. The summed E-state index contributed by atoms with van der Waals surface area (Å²) < 4.78 is 14.0. The molecule has 0 aliphatic carbocycles. The van der Waals surface area contributed by atoms with Crippen molar-refractivity contribution in [3.63, 3.8) is 0 Å². The molecule has 0 aromatic heterocycles. The van der Waals surface area contributed by atoms with Gasteiger partial charge in [0.15, 0.2) is 0 Å². The summed E-state index contributed by atoms with van der Waals surface area (Å²) in [6.45, 7) is 1.55. The fraction of sp³-hybridized carbons (Fsp3) is 0.188. The van der Waals surface area contributed by atoms with Crippen LogP contribution in [0.25, 0.3) is 0 Å². The summed E-state index contributed by atoms with van der Waals surface area (Å²) in [4.78, 5) is 13.8. The number of amides is 1. The third kappa shape index (κ3) is 3.20. The van der Waals surface area contributed by atoms with Crippen molar-refractivity contribution in [2.45, 2.75) is 6.92 Å². The molecule has 3 N–H and O–H groups in total. The third-order valence-corrected chi connectivity index (χ3v) is 3.15. The molecule has 4 nitrogen and oxygen atoms in total. The number of nitrogens with zero attached hydrogens (tertiary/aromatic N) is 1. The van der Waals surface area contributed by atoms with E-state index in [1.54, 1.807) is 37.3 Å². The number of rotatable bonds is 4. The number of nitrogen functional groups attached to an aromatic ring is 1. The molecule has 110 valence electrons. The van der Waals surface area contributed by atoms with Gasteiger partial charge in [0.05, 0.1) is 23.5 Å². The molecular formula is C16H17FN2O2. The fourth-order valence-corrected chi connectivity index (χ4v) is 2.10. The van der Waals surface area contributed by atoms with Crippen LogP contribution in [0.15, 0.2) is 42.5 Å². The first kappa shape index (κ1) is 15.0. The van der Waals surface area contributed by atoms with Gasteiger partial charge in [0.2, 0.25) is 0 Å². The van der Waals surface area contributed by atoms with E-state index in [2.05, 4.69) is 0 Å². The topological polar surface area (TPSA) is 66.6 Å². The summed E-state index contributed by atoms with van der Waals surface area (Å²) in [5.74, 6) is -1.11. The minimum Gasteiger partial charge on any atom is -0.397 e. The number of carbonyl (C=O) groups excluding carboxylic acids is 1. The van der Waals surface area contributed by atoms with E-state index in [9.17, 15) is 9.18 Å². The van der Waals surface area contributed by atoms with Gasteiger partial charge in [-0.1, -0.05) is 18.2 Å². The Balaban J connectivity index is 2.43. The Morgan fingerprint density at radius 3 is 2.62 bits per heavy atom. The zero-order valence-corrected chi connectivity index (χ0v) is 11.7. The smallest absolute Gasteiger partial charge is 0.261 e. The van der Waals surface area contributed by atoms with Crippen molar-refractivity contribution < 1.29 is 14.3 Å². The van der Waals surface area contributed by atoms with Crippen molar-refractivity contribution in [2.24, 2.45) is 0 Å². The molecule has 0 saturated heterocycles. The number of carbonyl (C=O) groups is 1. The summed E-state index contributed by atoms with van der Waals surface area (Å²) in [6.07, 6.45) is 0. The van der Waals surface area contributed by atoms with Crippen LogP contribution in [0.3, 0.4) is 0 Å². The van der Waals surface area contributed by atoms with Crippen LogP contribution in [0.2, 0.25) is 0 Å². The Kier molecular flexibility index (Phi) is 4.55. The van der Waals surface area contributed by atoms with Gasteiger partial charge in [-0.05, 0) is 36.8 Å². The largest absolute Gasteiger partial charge is 0.397 e. The molecule has 5 heteroatoms. The number of aliphatic hydroxyl groups excluding tert-OH is 1. The molecule has 2 aromatic carbocycles. The van der Waals surface area contributed by atoms with E-state index in [0.29, 0.717) is 11.4 Å². The number of para-hydroxylation sites is 2. The highest BCUT2D eigenvalue weighted by Gasteiger charge is 2.21. The highest BCUT2D eigenvalue weighted by Crippen LogP contribution is 2.25. The van der Waals surface area contributed by atoms with Crippen LogP contribution in [0, 0.1) is 12.7 Å². The minimum absolute atomic E-state index is 0.0420. The van der Waals surface area contributed by atoms with Crippen molar-refractivity contribution in [3.05, 3.63) is 59.4 Å². The number of benzene rings is 2. The molecule has 21 heavy (non-hydrogen) atoms. The summed E-state index contributed by atoms with van der Waals surface area (Å²) in [6, 6.07) is 11.2. The van der Waals surface area contributed by atoms with Gasteiger partial charge < -0.3 is 15.7 Å². The molecule has 0 saturated carbocycles. The third-order valence-electron chi connectivity index (χ3n) is 3.15. The first-order valence-corrected chi connectivity index (χ1v) is 6.58. The Hall–Kier alpha value is -2.40. The second-order valence-electron chi connectivity index (χ2n) is 4.72. The molecule has 2 rings (SSSR count). The van der Waals surface area contributed by atoms with Gasteiger partial charge in [-0.3, -0.25) is 4.79 Å². The monoisotopic (exact) mass is 288 g/mol. The first-order valence-electron chi connectivity index (χ1n) is 6.58. The highest BCUT2D eigenvalue weighted by molar-refractivity contribution is 6.07. The van der Waals surface area contributed by atoms with Crippen LogP contribution in [0.5, 0.6) is 0 Å². The SMILES string of the molecule is Cc1ccc(C(=O)N(CCO)c2ccccc2N)c(F)c1. The van der Waals surface area contributed by atoms with E-state index < -0.39 is 11.7 Å². The molecule has 0 spiro atoms. The number of hydrogen-bond donors (Lipinski definition) is 2. The summed E-state index contributed by atoms with van der Waals surface area (Å²) in [5.41, 5.74) is 7.40. The summed E-state index contributed by atoms with van der Waals surface area (Å²) in [7, 11) is 0. The molecule has 0 atom stereocenters. The van der Waals surface area contributed by atoms with Gasteiger partial charge in [0.1, 0.15) is 5.82 Å². The van der Waals surface area contributed by atoms with Crippen LogP contribution in [0.1, 0.15) is 15.9 Å². The average Bonchev–Trinajstić information content (AvgIpc) is 2.45. The maximum absolute atomic E-state index is 14.0. The van der Waals surface area contributed by atoms with Crippen molar-refractivity contribution in [3.8, 4) is 0 Å². The second kappa shape index (κ2) is 6.37. The number of anilines is 2. The van der Waals surface area contributed by atoms with Gasteiger partial charge in [-0.15, -0.1) is 0 Å². The predicted octanol–water partition coefficient (Wildman–Crippen LogP) is 2.36. The lowest BCUT2D eigenvalue weighted by atomic mass is 10.1. The molecule has 0 heterocycles. The normalized spacial score (nSPS) is 10.4. The molecule has 0 radical (unpaired) electrons. The average molecular weight is 288 g/mol. The van der Waals surface area contributed by atoms with Crippen molar-refractivity contribution >= 4 is 17.3 Å². The molecule has 0 fully saturated rings. The lowest BCUT2D eigenvalue weighted by molar-refractivity contribution is 0.0977. The summed E-state index contributed by atoms with van der Waals surface area (Å²) >= 11 is 0. The van der Waals surface area contributed by atoms with Crippen LogP contribution in [0.4, 0.5) is 15.8 Å². The zero-order valence-electron chi connectivity index (χ0n) is 11.7. The van der Waals surface area contributed by atoms with Gasteiger partial charge in [0.25, 0.3) is 5.91 Å². The Morgan fingerprint density at radius 2 is 2.00 bits per heavy atom. The molecule has 0 aliphatic heterocycles. The van der Waals surface area contributed by atoms with Crippen LogP contribution >= 0.6 is 0 Å². The fourth-order valence-electron chi connectivity index (χ4n) is 2.10. The second-order valence-corrected chi connectivity index (χ2v) is 4.72. The molecule has 0 bridgehead atoms. The van der Waals surface area contributed by atoms with E-state index in [4.69, 9.17) is 10.8 Å². The quantitative estimate of drug-likeness (QED) is 0.849. The maximum Gasteiger partial charge on any atom is 0.261 e. The highest BCUT2D eigenvalue weighted by atomic mass is 19.1. The number of aryl methyl sites for hydroxylation is 1. The molecule has 0 unspecified atom stereocenters. The zero-order chi connectivity index (χ0) is 15.4. The lowest BCUT2D eigenvalue weighted by Gasteiger charge is -2.23. The van der Waals surface area contributed by atoms with Gasteiger partial charge in [-0.2, -0.15) is 0 Å². The minimum atomic E-state index is -0.586. The Bertz CT molecular complexity index is 658. The molecule has 1 amide bonds. The maximum atomic E-state index is 14.0. The van der Waals surface area contributed by atoms with Crippen molar-refractivity contribution in [1.29, 1.82) is 0 Å². The standard InChI is InChI=1S/C16H17FN2O2/c1-11-6-7-12(13(17)10-11)16(21)19(8-9-20)15-5-3-2-4-14(15)18/h2-7,10,20H,8-9,18H2,1H3. The first-order chi connectivity index (χ1) is 10.0. The number of hydrogen-bond acceptors (Lipinski definition) is 3. The van der Waals surface area contributed by atoms with E-state index in [1.807, 2.05) is 0 Å². The van der Waals surface area contributed by atoms with E-state index in [0.717, 1.165) is 5.56 Å². The van der Waals surface area contributed by atoms with Crippen LogP contribution in [-0.4, -0.2) is 24.2 Å². The van der Waals surface area contributed by atoms with E-state index >= 15 is 0 Å². The van der Waals surface area contributed by atoms with E-state index in [-0.39, 0.29) is 18.7 Å². The number of aliphatic hydroxyl groups is 1. The van der Waals surface area contributed by atoms with Gasteiger partial charge in [0, 0.05) is 6.54 Å². The predicted molar refractivity (Wildman–Crippen MR) is 80.8 cm³/mol. The van der Waals surface area contributed by atoms with Crippen molar-refractivity contribution in [2.75, 3.05) is 23.8 Å².